The zero-order valence-corrected chi connectivity index (χ0v) is 17.2. The SMILES string of the molecule is CC(C)(C)Oc1ccc(C2SCC(=O)N2CCCN2CCCCC2)cc1. The fourth-order valence-corrected chi connectivity index (χ4v) is 4.89. The van der Waals surface area contributed by atoms with Gasteiger partial charge in [-0.15, -0.1) is 11.8 Å². The van der Waals surface area contributed by atoms with Gasteiger partial charge in [-0.25, -0.2) is 0 Å². The van der Waals surface area contributed by atoms with Gasteiger partial charge in [0, 0.05) is 6.54 Å². The van der Waals surface area contributed by atoms with E-state index in [9.17, 15) is 4.79 Å². The average molecular weight is 377 g/mol. The second-order valence-corrected chi connectivity index (χ2v) is 9.36. The molecular weight excluding hydrogens is 344 g/mol. The van der Waals surface area contributed by atoms with Crippen LogP contribution in [0, 0.1) is 0 Å². The Labute approximate surface area is 162 Å². The number of hydrogen-bond donors (Lipinski definition) is 0. The number of likely N-dealkylation sites (tertiary alicyclic amines) is 1. The van der Waals surface area contributed by atoms with Crippen LogP contribution in [0.15, 0.2) is 24.3 Å². The van der Waals surface area contributed by atoms with Crippen molar-refractivity contribution in [2.75, 3.05) is 31.9 Å². The molecule has 1 amide bonds. The lowest BCUT2D eigenvalue weighted by atomic mass is 10.1. The molecule has 0 radical (unpaired) electrons. The van der Waals surface area contributed by atoms with Crippen molar-refractivity contribution in [3.63, 3.8) is 0 Å². The molecule has 2 heterocycles. The van der Waals surface area contributed by atoms with Crippen molar-refractivity contribution in [2.45, 2.75) is 57.4 Å². The maximum absolute atomic E-state index is 12.4. The molecule has 0 aromatic heterocycles. The molecule has 2 aliphatic heterocycles. The fraction of sp³-hybridized carbons (Fsp3) is 0.667. The highest BCUT2D eigenvalue weighted by Gasteiger charge is 2.32. The molecule has 26 heavy (non-hydrogen) atoms. The quantitative estimate of drug-likeness (QED) is 0.740. The summed E-state index contributed by atoms with van der Waals surface area (Å²) in [5.74, 6) is 1.75. The molecule has 5 heteroatoms. The van der Waals surface area contributed by atoms with Crippen molar-refractivity contribution in [2.24, 2.45) is 0 Å². The van der Waals surface area contributed by atoms with Crippen LogP contribution in [-0.2, 0) is 4.79 Å². The molecule has 1 atom stereocenters. The molecule has 1 unspecified atom stereocenters. The van der Waals surface area contributed by atoms with Crippen LogP contribution in [0.5, 0.6) is 5.75 Å². The van der Waals surface area contributed by atoms with E-state index in [1.807, 2.05) is 12.1 Å². The van der Waals surface area contributed by atoms with E-state index in [4.69, 9.17) is 4.74 Å². The summed E-state index contributed by atoms with van der Waals surface area (Å²) in [7, 11) is 0. The van der Waals surface area contributed by atoms with Crippen molar-refractivity contribution in [1.29, 1.82) is 0 Å². The van der Waals surface area contributed by atoms with E-state index >= 15 is 0 Å². The predicted molar refractivity (Wildman–Crippen MR) is 109 cm³/mol. The predicted octanol–water partition coefficient (Wildman–Crippen LogP) is 4.31. The van der Waals surface area contributed by atoms with Crippen molar-refractivity contribution < 1.29 is 9.53 Å². The Morgan fingerprint density at radius 1 is 1.08 bits per heavy atom. The summed E-state index contributed by atoms with van der Waals surface area (Å²) in [4.78, 5) is 17.0. The van der Waals surface area contributed by atoms with Crippen LogP contribution in [0.25, 0.3) is 0 Å². The molecule has 3 rings (SSSR count). The van der Waals surface area contributed by atoms with Crippen LogP contribution in [0.1, 0.15) is 57.4 Å². The summed E-state index contributed by atoms with van der Waals surface area (Å²) in [5.41, 5.74) is 1.00. The first-order valence-corrected chi connectivity index (χ1v) is 10.9. The Hall–Kier alpha value is -1.20. The summed E-state index contributed by atoms with van der Waals surface area (Å²) in [6.45, 7) is 10.6. The van der Waals surface area contributed by atoms with E-state index < -0.39 is 0 Å². The minimum absolute atomic E-state index is 0.146. The number of rotatable bonds is 6. The molecule has 2 aliphatic rings. The summed E-state index contributed by atoms with van der Waals surface area (Å²) in [6, 6.07) is 8.26. The Kier molecular flexibility index (Phi) is 6.51. The lowest BCUT2D eigenvalue weighted by molar-refractivity contribution is -0.128. The van der Waals surface area contributed by atoms with Crippen LogP contribution < -0.4 is 4.74 Å². The highest BCUT2D eigenvalue weighted by Crippen LogP contribution is 2.39. The number of hydrogen-bond acceptors (Lipinski definition) is 4. The summed E-state index contributed by atoms with van der Waals surface area (Å²) < 4.78 is 5.91. The average Bonchev–Trinajstić information content (AvgIpc) is 2.96. The number of amides is 1. The number of carbonyl (C=O) groups is 1. The minimum Gasteiger partial charge on any atom is -0.488 e. The van der Waals surface area contributed by atoms with E-state index in [0.717, 1.165) is 25.3 Å². The van der Waals surface area contributed by atoms with Gasteiger partial charge in [0.25, 0.3) is 0 Å². The van der Waals surface area contributed by atoms with Gasteiger partial charge in [-0.05, 0) is 77.4 Å². The third-order valence-electron chi connectivity index (χ3n) is 4.88. The lowest BCUT2D eigenvalue weighted by Crippen LogP contribution is -2.34. The van der Waals surface area contributed by atoms with Crippen LogP contribution >= 0.6 is 11.8 Å². The molecule has 0 aliphatic carbocycles. The van der Waals surface area contributed by atoms with E-state index in [2.05, 4.69) is 42.7 Å². The van der Waals surface area contributed by atoms with Crippen LogP contribution in [-0.4, -0.2) is 53.2 Å². The van der Waals surface area contributed by atoms with E-state index in [0.29, 0.717) is 5.75 Å². The number of benzene rings is 1. The molecule has 2 fully saturated rings. The van der Waals surface area contributed by atoms with Gasteiger partial charge in [-0.1, -0.05) is 18.6 Å². The number of nitrogens with zero attached hydrogens (tertiary/aromatic N) is 2. The molecule has 0 spiro atoms. The number of carbonyl (C=O) groups excluding carboxylic acids is 1. The van der Waals surface area contributed by atoms with Gasteiger partial charge in [0.15, 0.2) is 0 Å². The molecule has 1 aromatic rings. The molecular formula is C21H32N2O2S. The number of thioether (sulfide) groups is 1. The van der Waals surface area contributed by atoms with Gasteiger partial charge in [0.2, 0.25) is 5.91 Å². The Balaban J connectivity index is 1.56. The smallest absolute Gasteiger partial charge is 0.233 e. The second-order valence-electron chi connectivity index (χ2n) is 8.29. The zero-order valence-electron chi connectivity index (χ0n) is 16.4. The van der Waals surface area contributed by atoms with Crippen LogP contribution in [0.3, 0.4) is 0 Å². The van der Waals surface area contributed by atoms with E-state index in [-0.39, 0.29) is 16.9 Å². The Morgan fingerprint density at radius 3 is 2.42 bits per heavy atom. The van der Waals surface area contributed by atoms with Crippen molar-refractivity contribution in [3.05, 3.63) is 29.8 Å². The first kappa shape index (κ1) is 19.6. The molecule has 1 aromatic carbocycles. The lowest BCUT2D eigenvalue weighted by Gasteiger charge is -2.29. The molecule has 0 saturated carbocycles. The number of ether oxygens (including phenoxy) is 1. The van der Waals surface area contributed by atoms with Gasteiger partial charge in [0.05, 0.1) is 5.75 Å². The van der Waals surface area contributed by atoms with E-state index in [1.165, 1.54) is 37.9 Å². The van der Waals surface area contributed by atoms with Gasteiger partial charge < -0.3 is 14.5 Å². The summed E-state index contributed by atoms with van der Waals surface area (Å²) >= 11 is 1.74. The highest BCUT2D eigenvalue weighted by molar-refractivity contribution is 8.00. The standard InChI is InChI=1S/C21H32N2O2S/c1-21(2,3)25-18-10-8-17(9-11-18)20-23(19(24)16-26-20)15-7-14-22-12-5-4-6-13-22/h8-11,20H,4-7,12-16H2,1-3H3. The van der Waals surface area contributed by atoms with Gasteiger partial charge in [-0.3, -0.25) is 4.79 Å². The van der Waals surface area contributed by atoms with Crippen LogP contribution in [0.2, 0.25) is 0 Å². The monoisotopic (exact) mass is 376 g/mol. The van der Waals surface area contributed by atoms with Gasteiger partial charge >= 0.3 is 0 Å². The first-order chi connectivity index (χ1) is 12.4. The molecule has 2 saturated heterocycles. The van der Waals surface area contributed by atoms with E-state index in [1.54, 1.807) is 11.8 Å². The normalized spacial score (nSPS) is 22.0. The maximum Gasteiger partial charge on any atom is 0.233 e. The summed E-state index contributed by atoms with van der Waals surface area (Å²) in [6.07, 6.45) is 5.08. The van der Waals surface area contributed by atoms with Crippen molar-refractivity contribution in [1.82, 2.24) is 9.80 Å². The number of piperidine rings is 1. The molecule has 144 valence electrons. The molecule has 4 nitrogen and oxygen atoms in total. The van der Waals surface area contributed by atoms with Gasteiger partial charge in [0.1, 0.15) is 16.7 Å². The largest absolute Gasteiger partial charge is 0.488 e. The second kappa shape index (κ2) is 8.66. The van der Waals surface area contributed by atoms with Crippen molar-refractivity contribution in [3.8, 4) is 5.75 Å². The summed E-state index contributed by atoms with van der Waals surface area (Å²) in [5, 5.41) is 0.146. The zero-order chi connectivity index (χ0) is 18.6. The highest BCUT2D eigenvalue weighted by atomic mass is 32.2. The third-order valence-corrected chi connectivity index (χ3v) is 6.14. The van der Waals surface area contributed by atoms with Crippen molar-refractivity contribution >= 4 is 17.7 Å². The Morgan fingerprint density at radius 2 is 1.77 bits per heavy atom. The molecule has 0 N–H and O–H groups in total. The topological polar surface area (TPSA) is 32.8 Å². The fourth-order valence-electron chi connectivity index (χ4n) is 3.67. The maximum atomic E-state index is 12.4. The minimum atomic E-state index is -0.194. The first-order valence-electron chi connectivity index (χ1n) is 9.85. The third kappa shape index (κ3) is 5.40. The Bertz CT molecular complexity index is 591. The molecule has 0 bridgehead atoms. The van der Waals surface area contributed by atoms with Crippen LogP contribution in [0.4, 0.5) is 0 Å². The van der Waals surface area contributed by atoms with Gasteiger partial charge in [-0.2, -0.15) is 0 Å².